The molecule has 178 valence electrons. The standard InChI is InChI=1S/C33H30N2O/c1-24-14-21-31(22-32(24)26(3)28-10-6-4-7-11-28)35-33(36)23-34-25(2)15-16-27-17-19-30(20-18-27)29-12-8-5-9-13-29/h4-22,34H,2-3,23H2,1H3,(H,35,36)/b16-15+. The third-order valence-corrected chi connectivity index (χ3v) is 5.94. The molecule has 0 fully saturated rings. The zero-order valence-electron chi connectivity index (χ0n) is 20.5. The second-order valence-electron chi connectivity index (χ2n) is 8.62. The minimum atomic E-state index is -0.142. The number of amides is 1. The molecule has 0 aromatic heterocycles. The number of carbonyl (C=O) groups is 1. The van der Waals surface area contributed by atoms with Gasteiger partial charge in [-0.1, -0.05) is 110 Å². The smallest absolute Gasteiger partial charge is 0.243 e. The molecule has 0 aliphatic rings. The quantitative estimate of drug-likeness (QED) is 0.249. The van der Waals surface area contributed by atoms with Crippen LogP contribution in [0.2, 0.25) is 0 Å². The lowest BCUT2D eigenvalue weighted by atomic mass is 9.95. The molecule has 2 N–H and O–H groups in total. The van der Waals surface area contributed by atoms with Crippen LogP contribution in [0.15, 0.2) is 128 Å². The number of anilines is 1. The van der Waals surface area contributed by atoms with Gasteiger partial charge in [-0.3, -0.25) is 4.79 Å². The van der Waals surface area contributed by atoms with Gasteiger partial charge in [0.25, 0.3) is 0 Å². The first-order chi connectivity index (χ1) is 17.5. The van der Waals surface area contributed by atoms with Crippen LogP contribution in [0.4, 0.5) is 5.69 Å². The van der Waals surface area contributed by atoms with E-state index in [2.05, 4.69) is 60.2 Å². The number of rotatable bonds is 9. The zero-order chi connectivity index (χ0) is 25.3. The predicted molar refractivity (Wildman–Crippen MR) is 152 cm³/mol. The second kappa shape index (κ2) is 11.7. The monoisotopic (exact) mass is 470 g/mol. The molecule has 1 amide bonds. The van der Waals surface area contributed by atoms with E-state index < -0.39 is 0 Å². The Morgan fingerprint density at radius 1 is 0.806 bits per heavy atom. The average molecular weight is 471 g/mol. The topological polar surface area (TPSA) is 41.1 Å². The summed E-state index contributed by atoms with van der Waals surface area (Å²) in [7, 11) is 0. The van der Waals surface area contributed by atoms with Gasteiger partial charge in [0.1, 0.15) is 0 Å². The molecule has 4 rings (SSSR count). The lowest BCUT2D eigenvalue weighted by Crippen LogP contribution is -2.26. The van der Waals surface area contributed by atoms with Crippen molar-refractivity contribution in [3.8, 4) is 11.1 Å². The fourth-order valence-electron chi connectivity index (χ4n) is 3.89. The summed E-state index contributed by atoms with van der Waals surface area (Å²) in [4.78, 5) is 12.5. The summed E-state index contributed by atoms with van der Waals surface area (Å²) in [6, 6.07) is 34.5. The summed E-state index contributed by atoms with van der Waals surface area (Å²) in [5.74, 6) is -0.142. The zero-order valence-corrected chi connectivity index (χ0v) is 20.5. The molecule has 3 heteroatoms. The van der Waals surface area contributed by atoms with Crippen molar-refractivity contribution < 1.29 is 4.79 Å². The summed E-state index contributed by atoms with van der Waals surface area (Å²) >= 11 is 0. The highest BCUT2D eigenvalue weighted by Gasteiger charge is 2.09. The van der Waals surface area contributed by atoms with Crippen molar-refractivity contribution in [1.29, 1.82) is 0 Å². The van der Waals surface area contributed by atoms with Crippen LogP contribution in [0.25, 0.3) is 22.8 Å². The number of nitrogens with one attached hydrogen (secondary N) is 2. The molecule has 0 spiro atoms. The molecule has 0 radical (unpaired) electrons. The second-order valence-corrected chi connectivity index (χ2v) is 8.62. The van der Waals surface area contributed by atoms with Crippen LogP contribution >= 0.6 is 0 Å². The Balaban J connectivity index is 1.30. The van der Waals surface area contributed by atoms with Crippen LogP contribution < -0.4 is 10.6 Å². The molecule has 0 heterocycles. The molecule has 0 saturated carbocycles. The summed E-state index contributed by atoms with van der Waals surface area (Å²) in [6.07, 6.45) is 3.85. The molecule has 0 unspecified atom stereocenters. The Labute approximate surface area is 213 Å². The Morgan fingerprint density at radius 3 is 2.14 bits per heavy atom. The van der Waals surface area contributed by atoms with E-state index in [0.717, 1.165) is 33.5 Å². The van der Waals surface area contributed by atoms with E-state index in [-0.39, 0.29) is 12.5 Å². The highest BCUT2D eigenvalue weighted by Crippen LogP contribution is 2.27. The molecule has 4 aromatic rings. The summed E-state index contributed by atoms with van der Waals surface area (Å²) in [5, 5.41) is 6.03. The van der Waals surface area contributed by atoms with E-state index >= 15 is 0 Å². The van der Waals surface area contributed by atoms with Gasteiger partial charge in [0.2, 0.25) is 5.91 Å². The molecule has 4 aromatic carbocycles. The Bertz CT molecular complexity index is 1390. The summed E-state index contributed by atoms with van der Waals surface area (Å²) in [6.45, 7) is 10.4. The normalized spacial score (nSPS) is 10.7. The fourth-order valence-corrected chi connectivity index (χ4v) is 3.89. The van der Waals surface area contributed by atoms with Crippen LogP contribution in [0.3, 0.4) is 0 Å². The number of hydrogen-bond acceptors (Lipinski definition) is 2. The highest BCUT2D eigenvalue weighted by molar-refractivity contribution is 5.93. The highest BCUT2D eigenvalue weighted by atomic mass is 16.1. The van der Waals surface area contributed by atoms with E-state index in [9.17, 15) is 4.79 Å². The average Bonchev–Trinajstić information content (AvgIpc) is 2.92. The van der Waals surface area contributed by atoms with Crippen molar-refractivity contribution in [1.82, 2.24) is 5.32 Å². The third kappa shape index (κ3) is 6.49. The maximum Gasteiger partial charge on any atom is 0.243 e. The fraction of sp³-hybridized carbons (Fsp3) is 0.0606. The van der Waals surface area contributed by atoms with E-state index in [1.165, 1.54) is 11.1 Å². The number of benzene rings is 4. The molecule has 0 aliphatic carbocycles. The maximum atomic E-state index is 12.5. The number of aryl methyl sites for hydroxylation is 1. The van der Waals surface area contributed by atoms with E-state index in [0.29, 0.717) is 5.70 Å². The van der Waals surface area contributed by atoms with Gasteiger partial charge in [-0.25, -0.2) is 0 Å². The van der Waals surface area contributed by atoms with E-state index in [4.69, 9.17) is 0 Å². The van der Waals surface area contributed by atoms with Gasteiger partial charge >= 0.3 is 0 Å². The number of hydrogen-bond donors (Lipinski definition) is 2. The first-order valence-electron chi connectivity index (χ1n) is 11.9. The first-order valence-corrected chi connectivity index (χ1v) is 11.9. The molecule has 3 nitrogen and oxygen atoms in total. The minimum absolute atomic E-state index is 0.124. The predicted octanol–water partition coefficient (Wildman–Crippen LogP) is 7.48. The van der Waals surface area contributed by atoms with Crippen molar-refractivity contribution in [2.45, 2.75) is 6.92 Å². The van der Waals surface area contributed by atoms with Crippen molar-refractivity contribution in [3.05, 3.63) is 150 Å². The van der Waals surface area contributed by atoms with Crippen molar-refractivity contribution >= 4 is 23.2 Å². The van der Waals surface area contributed by atoms with Gasteiger partial charge in [0.15, 0.2) is 0 Å². The summed E-state index contributed by atoms with van der Waals surface area (Å²) < 4.78 is 0. The Hall–Kier alpha value is -4.63. The minimum Gasteiger partial charge on any atom is -0.377 e. The molecular formula is C33H30N2O. The first kappa shape index (κ1) is 24.5. The lowest BCUT2D eigenvalue weighted by Gasteiger charge is -2.13. The van der Waals surface area contributed by atoms with E-state index in [1.807, 2.05) is 85.8 Å². The number of carbonyl (C=O) groups excluding carboxylic acids is 1. The Kier molecular flexibility index (Phi) is 7.94. The summed E-state index contributed by atoms with van der Waals surface area (Å²) in [5.41, 5.74) is 8.93. The maximum absolute atomic E-state index is 12.5. The molecule has 0 aliphatic heterocycles. The van der Waals surface area contributed by atoms with Gasteiger partial charge in [-0.2, -0.15) is 0 Å². The Morgan fingerprint density at radius 2 is 1.44 bits per heavy atom. The largest absolute Gasteiger partial charge is 0.377 e. The van der Waals surface area contributed by atoms with Crippen LogP contribution in [0, 0.1) is 6.92 Å². The van der Waals surface area contributed by atoms with Crippen LogP contribution in [0.1, 0.15) is 22.3 Å². The molecule has 0 atom stereocenters. The third-order valence-electron chi connectivity index (χ3n) is 5.94. The SMILES string of the molecule is C=C(/C=C/c1ccc(-c2ccccc2)cc1)NCC(=O)Nc1ccc(C)c(C(=C)c2ccccc2)c1. The van der Waals surface area contributed by atoms with Crippen molar-refractivity contribution in [2.24, 2.45) is 0 Å². The lowest BCUT2D eigenvalue weighted by molar-refractivity contribution is -0.115. The van der Waals surface area contributed by atoms with Gasteiger partial charge in [-0.05, 0) is 64.1 Å². The van der Waals surface area contributed by atoms with Crippen molar-refractivity contribution in [2.75, 3.05) is 11.9 Å². The van der Waals surface area contributed by atoms with Crippen LogP contribution in [-0.2, 0) is 4.79 Å². The van der Waals surface area contributed by atoms with Gasteiger partial charge in [-0.15, -0.1) is 0 Å². The van der Waals surface area contributed by atoms with Crippen LogP contribution in [-0.4, -0.2) is 12.5 Å². The van der Waals surface area contributed by atoms with Gasteiger partial charge in [0.05, 0.1) is 6.54 Å². The molecular weight excluding hydrogens is 440 g/mol. The number of allylic oxidation sites excluding steroid dienone is 1. The molecule has 0 saturated heterocycles. The molecule has 36 heavy (non-hydrogen) atoms. The van der Waals surface area contributed by atoms with Gasteiger partial charge in [0, 0.05) is 11.4 Å². The van der Waals surface area contributed by atoms with Gasteiger partial charge < -0.3 is 10.6 Å². The van der Waals surface area contributed by atoms with E-state index in [1.54, 1.807) is 0 Å². The van der Waals surface area contributed by atoms with Crippen LogP contribution in [0.5, 0.6) is 0 Å². The molecule has 0 bridgehead atoms. The van der Waals surface area contributed by atoms with Crippen molar-refractivity contribution in [3.63, 3.8) is 0 Å².